The molecule has 0 bridgehead atoms. The molecule has 0 aliphatic carbocycles. The maximum absolute atomic E-state index is 12.8. The van der Waals surface area contributed by atoms with Crippen molar-refractivity contribution < 1.29 is 27.4 Å². The van der Waals surface area contributed by atoms with E-state index in [4.69, 9.17) is 21.1 Å². The van der Waals surface area contributed by atoms with E-state index < -0.39 is 23.8 Å². The molecule has 0 saturated heterocycles. The summed E-state index contributed by atoms with van der Waals surface area (Å²) in [6.45, 7) is 3.47. The highest BCUT2D eigenvalue weighted by atomic mass is 35.5. The molecule has 6 nitrogen and oxygen atoms in total. The molecule has 0 N–H and O–H groups in total. The molecule has 0 saturated carbocycles. The van der Waals surface area contributed by atoms with Gasteiger partial charge in [-0.1, -0.05) is 11.6 Å². The number of fused-ring (bicyclic) bond motifs is 1. The molecule has 0 fully saturated rings. The number of hydrogen-bond donors (Lipinski definition) is 0. The van der Waals surface area contributed by atoms with E-state index in [-0.39, 0.29) is 17.4 Å². The molecule has 2 aromatic heterocycles. The van der Waals surface area contributed by atoms with Crippen molar-refractivity contribution in [1.29, 1.82) is 0 Å². The zero-order valence-electron chi connectivity index (χ0n) is 14.8. The first-order valence-electron chi connectivity index (χ1n) is 8.25. The van der Waals surface area contributed by atoms with E-state index >= 15 is 0 Å². The number of pyridine rings is 1. The second-order valence-electron chi connectivity index (χ2n) is 5.82. The number of alkyl halides is 3. The molecule has 0 spiro atoms. The number of hydrogen-bond acceptors (Lipinski definition) is 5. The average Bonchev–Trinajstić information content (AvgIpc) is 3.04. The van der Waals surface area contributed by atoms with Gasteiger partial charge in [0.2, 0.25) is 0 Å². The van der Waals surface area contributed by atoms with Gasteiger partial charge in [0.05, 0.1) is 28.9 Å². The van der Waals surface area contributed by atoms with Crippen molar-refractivity contribution in [2.45, 2.75) is 26.1 Å². The molecule has 0 amide bonds. The molecule has 1 aromatic carbocycles. The number of carbonyl (C=O) groups excluding carboxylic acids is 1. The molecule has 0 unspecified atom stereocenters. The molecule has 28 heavy (non-hydrogen) atoms. The highest BCUT2D eigenvalue weighted by molar-refractivity contribution is 6.32. The highest BCUT2D eigenvalue weighted by Gasteiger charge is 2.32. The second-order valence-corrected chi connectivity index (χ2v) is 6.22. The number of nitrogens with zero attached hydrogens (tertiary/aromatic N) is 3. The lowest BCUT2D eigenvalue weighted by Gasteiger charge is -2.14. The Balaban J connectivity index is 1.96. The number of ether oxygens (including phenoxy) is 2. The molecule has 3 rings (SSSR count). The average molecular weight is 414 g/mol. The van der Waals surface area contributed by atoms with Crippen LogP contribution in [0.15, 0.2) is 36.7 Å². The maximum Gasteiger partial charge on any atom is 0.417 e. The zero-order valence-corrected chi connectivity index (χ0v) is 15.6. The van der Waals surface area contributed by atoms with Gasteiger partial charge in [0.1, 0.15) is 5.75 Å². The Hall–Kier alpha value is -2.81. The topological polar surface area (TPSA) is 66.2 Å². The van der Waals surface area contributed by atoms with Gasteiger partial charge >= 0.3 is 12.1 Å². The monoisotopic (exact) mass is 413 g/mol. The Morgan fingerprint density at radius 3 is 2.68 bits per heavy atom. The van der Waals surface area contributed by atoms with E-state index in [9.17, 15) is 18.0 Å². The SMILES string of the molecule is CCOC(=O)[C@@H](C)Oc1ccc2cnn(-c3ncc(C(F)(F)F)cc3Cl)c2c1. The van der Waals surface area contributed by atoms with Gasteiger partial charge in [-0.3, -0.25) is 0 Å². The fraction of sp³-hybridized carbons (Fsp3) is 0.278. The van der Waals surface area contributed by atoms with Gasteiger partial charge in [-0.25, -0.2) is 14.5 Å². The lowest BCUT2D eigenvalue weighted by molar-refractivity contribution is -0.150. The zero-order chi connectivity index (χ0) is 20.5. The molecule has 1 atom stereocenters. The summed E-state index contributed by atoms with van der Waals surface area (Å²) in [6.07, 6.45) is -3.17. The smallest absolute Gasteiger partial charge is 0.417 e. The number of aromatic nitrogens is 3. The summed E-state index contributed by atoms with van der Waals surface area (Å²) in [6, 6.07) is 5.73. The second kappa shape index (κ2) is 7.67. The standard InChI is InChI=1S/C18H15ClF3N3O3/c1-3-27-17(26)10(2)28-13-5-4-11-8-24-25(15(11)7-13)16-14(19)6-12(9-23-16)18(20,21)22/h4-10H,3H2,1-2H3/t10-/m1/s1. The van der Waals surface area contributed by atoms with Gasteiger partial charge in [-0.15, -0.1) is 0 Å². The minimum absolute atomic E-state index is 0.0419. The Morgan fingerprint density at radius 1 is 1.29 bits per heavy atom. The van der Waals surface area contributed by atoms with E-state index in [0.717, 1.165) is 6.07 Å². The summed E-state index contributed by atoms with van der Waals surface area (Å²) in [5, 5.41) is 4.63. The van der Waals surface area contributed by atoms with Crippen molar-refractivity contribution in [2.24, 2.45) is 0 Å². The van der Waals surface area contributed by atoms with Crippen LogP contribution in [0.4, 0.5) is 13.2 Å². The number of esters is 1. The van der Waals surface area contributed by atoms with Crippen LogP contribution >= 0.6 is 11.6 Å². The summed E-state index contributed by atoms with van der Waals surface area (Å²) in [5.74, 6) is -0.110. The first kappa shape index (κ1) is 19.9. The lowest BCUT2D eigenvalue weighted by Crippen LogP contribution is -2.26. The van der Waals surface area contributed by atoms with Crippen molar-refractivity contribution in [2.75, 3.05) is 6.61 Å². The van der Waals surface area contributed by atoms with Crippen molar-refractivity contribution in [1.82, 2.24) is 14.8 Å². The lowest BCUT2D eigenvalue weighted by atomic mass is 10.2. The van der Waals surface area contributed by atoms with E-state index in [0.29, 0.717) is 22.8 Å². The quantitative estimate of drug-likeness (QED) is 0.579. The predicted octanol–water partition coefficient (Wildman–Crippen LogP) is 4.42. The van der Waals surface area contributed by atoms with Gasteiger partial charge in [0.25, 0.3) is 0 Å². The fourth-order valence-corrected chi connectivity index (χ4v) is 2.74. The Labute approximate surface area is 162 Å². The minimum Gasteiger partial charge on any atom is -0.479 e. The Morgan fingerprint density at radius 2 is 2.04 bits per heavy atom. The van der Waals surface area contributed by atoms with Crippen LogP contribution in [0.5, 0.6) is 5.75 Å². The summed E-state index contributed by atoms with van der Waals surface area (Å²) in [5.41, 5.74) is -0.451. The summed E-state index contributed by atoms with van der Waals surface area (Å²) < 4.78 is 50.2. The third-order valence-corrected chi connectivity index (χ3v) is 4.10. The van der Waals surface area contributed by atoms with E-state index in [1.807, 2.05) is 0 Å². The van der Waals surface area contributed by atoms with Gasteiger partial charge in [0.15, 0.2) is 11.9 Å². The first-order valence-corrected chi connectivity index (χ1v) is 8.62. The van der Waals surface area contributed by atoms with Gasteiger partial charge < -0.3 is 9.47 Å². The first-order chi connectivity index (χ1) is 13.2. The Bertz CT molecular complexity index is 1020. The molecule has 3 aromatic rings. The van der Waals surface area contributed by atoms with Crippen LogP contribution < -0.4 is 4.74 Å². The van der Waals surface area contributed by atoms with Gasteiger partial charge in [0, 0.05) is 17.6 Å². The number of halogens is 4. The van der Waals surface area contributed by atoms with Crippen molar-refractivity contribution in [3.05, 3.63) is 47.2 Å². The van der Waals surface area contributed by atoms with Crippen LogP contribution in [0.3, 0.4) is 0 Å². The van der Waals surface area contributed by atoms with Crippen LogP contribution in [0, 0.1) is 0 Å². The summed E-state index contributed by atoms with van der Waals surface area (Å²) in [4.78, 5) is 15.5. The third-order valence-electron chi connectivity index (χ3n) is 3.82. The molecular formula is C18H15ClF3N3O3. The van der Waals surface area contributed by atoms with E-state index in [2.05, 4.69) is 10.1 Å². The fourth-order valence-electron chi connectivity index (χ4n) is 2.49. The number of benzene rings is 1. The van der Waals surface area contributed by atoms with Crippen molar-refractivity contribution >= 4 is 28.5 Å². The maximum atomic E-state index is 12.8. The van der Waals surface area contributed by atoms with Crippen LogP contribution in [-0.4, -0.2) is 33.4 Å². The normalized spacial score (nSPS) is 12.8. The molecule has 2 heterocycles. The highest BCUT2D eigenvalue weighted by Crippen LogP contribution is 2.33. The van der Waals surface area contributed by atoms with Crippen molar-refractivity contribution in [3.8, 4) is 11.6 Å². The van der Waals surface area contributed by atoms with Gasteiger partial charge in [-0.2, -0.15) is 18.3 Å². The Kier molecular flexibility index (Phi) is 5.46. The molecule has 10 heteroatoms. The molecule has 0 aliphatic heterocycles. The summed E-state index contributed by atoms with van der Waals surface area (Å²) in [7, 11) is 0. The summed E-state index contributed by atoms with van der Waals surface area (Å²) >= 11 is 6.01. The van der Waals surface area contributed by atoms with Crippen LogP contribution in [0.2, 0.25) is 5.02 Å². The largest absolute Gasteiger partial charge is 0.479 e. The van der Waals surface area contributed by atoms with Crippen LogP contribution in [0.25, 0.3) is 16.7 Å². The number of carbonyl (C=O) groups is 1. The molecule has 0 aliphatic rings. The molecular weight excluding hydrogens is 399 g/mol. The van der Waals surface area contributed by atoms with Gasteiger partial charge in [-0.05, 0) is 32.0 Å². The van der Waals surface area contributed by atoms with Crippen LogP contribution in [-0.2, 0) is 15.7 Å². The molecule has 0 radical (unpaired) electrons. The van der Waals surface area contributed by atoms with Crippen molar-refractivity contribution in [3.63, 3.8) is 0 Å². The van der Waals surface area contributed by atoms with Crippen LogP contribution in [0.1, 0.15) is 19.4 Å². The molecule has 148 valence electrons. The van der Waals surface area contributed by atoms with E-state index in [1.165, 1.54) is 10.9 Å². The number of rotatable bonds is 5. The predicted molar refractivity (Wildman–Crippen MR) is 95.6 cm³/mol. The van der Waals surface area contributed by atoms with E-state index in [1.54, 1.807) is 32.0 Å². The minimum atomic E-state index is -4.55. The third kappa shape index (κ3) is 4.04.